The van der Waals surface area contributed by atoms with E-state index in [0.717, 1.165) is 77.0 Å². The molecule has 0 aromatic carbocycles. The molecule has 4 fully saturated rings. The molecule has 4 unspecified atom stereocenters. The van der Waals surface area contributed by atoms with Gasteiger partial charge in [0.1, 0.15) is 0 Å². The first kappa shape index (κ1) is 51.1. The number of carboxylic acid groups (broad SMARTS) is 4. The van der Waals surface area contributed by atoms with Crippen molar-refractivity contribution in [2.24, 2.45) is 67.5 Å². The van der Waals surface area contributed by atoms with E-state index in [1.165, 1.54) is 0 Å². The van der Waals surface area contributed by atoms with Gasteiger partial charge in [0.05, 0.1) is 73.0 Å². The quantitative estimate of drug-likeness (QED) is 0.0639. The fourth-order valence-corrected chi connectivity index (χ4v) is 7.09. The third-order valence-electron chi connectivity index (χ3n) is 11.7. The van der Waals surface area contributed by atoms with Gasteiger partial charge in [0.2, 0.25) is 0 Å². The van der Waals surface area contributed by atoms with E-state index in [9.17, 15) is 39.6 Å². The van der Waals surface area contributed by atoms with Crippen molar-refractivity contribution in [3.8, 4) is 0 Å². The topological polar surface area (TPSA) is 450 Å². The normalized spacial score (nSPS) is 22.0. The van der Waals surface area contributed by atoms with Crippen LogP contribution in [0.1, 0.15) is 103 Å². The van der Waals surface area contributed by atoms with Crippen LogP contribution in [0.3, 0.4) is 0 Å². The van der Waals surface area contributed by atoms with Gasteiger partial charge in [-0.15, -0.1) is 0 Å². The first-order chi connectivity index (χ1) is 23.9. The van der Waals surface area contributed by atoms with Crippen molar-refractivity contribution >= 4 is 23.9 Å². The standard InChI is InChI=1S/4C8H16N2O3.Pt/c4*9-7(10)8(2-1-3-8)4-5(11)6(12)13;/h4*5,7,11H,1-4,9-10H2,(H,12,13);/q;;;;+4/p-4. The first-order valence-electron chi connectivity index (χ1n) is 17.5. The molecule has 0 heterocycles. The van der Waals surface area contributed by atoms with Crippen molar-refractivity contribution in [3.63, 3.8) is 0 Å². The number of carboxylic acids is 4. The Hall–Kier alpha value is -1.91. The number of hydrogen-bond acceptors (Lipinski definition) is 20. The van der Waals surface area contributed by atoms with Gasteiger partial charge in [-0.05, 0) is 77.0 Å². The van der Waals surface area contributed by atoms with Gasteiger partial charge in [0, 0.05) is 21.7 Å². The van der Waals surface area contributed by atoms with Gasteiger partial charge in [-0.25, -0.2) is 0 Å². The van der Waals surface area contributed by atoms with Crippen molar-refractivity contribution in [3.05, 3.63) is 0 Å². The van der Waals surface area contributed by atoms with Crippen molar-refractivity contribution in [2.75, 3.05) is 0 Å². The summed E-state index contributed by atoms with van der Waals surface area (Å²) in [5.74, 6) is -5.81. The number of rotatable bonds is 16. The Morgan fingerprint density at radius 3 is 0.585 bits per heavy atom. The molecule has 0 saturated heterocycles. The average Bonchev–Trinajstić information content (AvgIpc) is 2.95. The van der Waals surface area contributed by atoms with E-state index < -0.39 is 73.0 Å². The molecule has 4 rings (SSSR count). The predicted molar refractivity (Wildman–Crippen MR) is 176 cm³/mol. The number of carbonyl (C=O) groups is 4. The summed E-state index contributed by atoms with van der Waals surface area (Å²) in [4.78, 5) is 41.2. The molecule has 21 heteroatoms. The van der Waals surface area contributed by atoms with E-state index in [0.29, 0.717) is 0 Å². The van der Waals surface area contributed by atoms with E-state index >= 15 is 0 Å². The molecule has 4 aliphatic rings. The molecule has 4 aliphatic carbocycles. The van der Waals surface area contributed by atoms with Gasteiger partial charge in [0.25, 0.3) is 0 Å². The van der Waals surface area contributed by atoms with E-state index in [4.69, 9.17) is 66.3 Å². The molecule has 4 saturated carbocycles. The maximum absolute atomic E-state index is 10.3. The summed E-state index contributed by atoms with van der Waals surface area (Å²) < 4.78 is 0. The minimum absolute atomic E-state index is 0. The van der Waals surface area contributed by atoms with Crippen LogP contribution in [0.5, 0.6) is 0 Å². The maximum Gasteiger partial charge on any atom is 4.00 e. The summed E-state index contributed by atoms with van der Waals surface area (Å²) in [6.45, 7) is 0. The van der Waals surface area contributed by atoms with Crippen LogP contribution in [0, 0.1) is 21.7 Å². The Bertz CT molecular complexity index is 989. The summed E-state index contributed by atoms with van der Waals surface area (Å²) in [5, 5.41) is 77.6. The minimum Gasteiger partial charge on any atom is -0.547 e. The first-order valence-corrected chi connectivity index (χ1v) is 17.5. The van der Waals surface area contributed by atoms with E-state index in [-0.39, 0.29) is 68.4 Å². The molecule has 0 amide bonds. The van der Waals surface area contributed by atoms with Gasteiger partial charge in [-0.2, -0.15) is 0 Å². The van der Waals surface area contributed by atoms with Crippen LogP contribution in [0.2, 0.25) is 0 Å². The molecular weight excluding hydrogens is 883 g/mol. The summed E-state index contributed by atoms with van der Waals surface area (Å²) >= 11 is 0. The molecule has 0 radical (unpaired) electrons. The minimum atomic E-state index is -1.45. The smallest absolute Gasteiger partial charge is 0.547 e. The third kappa shape index (κ3) is 14.3. The Morgan fingerprint density at radius 1 is 0.396 bits per heavy atom. The molecule has 0 bridgehead atoms. The summed E-state index contributed by atoms with van der Waals surface area (Å²) in [7, 11) is 0. The molecular formula is C32H60N8O12Pt. The summed E-state index contributed by atoms with van der Waals surface area (Å²) in [6, 6.07) is 0. The largest absolute Gasteiger partial charge is 4.00 e. The summed E-state index contributed by atoms with van der Waals surface area (Å²) in [6.07, 6.45) is 2.64. The molecule has 310 valence electrons. The molecule has 20 N–H and O–H groups in total. The number of carbonyl (C=O) groups excluding carboxylic acids is 4. The zero-order valence-electron chi connectivity index (χ0n) is 29.9. The van der Waals surface area contributed by atoms with E-state index in [1.807, 2.05) is 0 Å². The Labute approximate surface area is 323 Å². The van der Waals surface area contributed by atoms with Crippen molar-refractivity contribution < 1.29 is 81.1 Å². The molecule has 4 atom stereocenters. The fourth-order valence-electron chi connectivity index (χ4n) is 7.09. The van der Waals surface area contributed by atoms with Crippen molar-refractivity contribution in [1.29, 1.82) is 0 Å². The van der Waals surface area contributed by atoms with Crippen LogP contribution in [-0.2, 0) is 40.2 Å². The molecule has 0 aromatic rings. The molecule has 53 heavy (non-hydrogen) atoms. The van der Waals surface area contributed by atoms with Crippen LogP contribution >= 0.6 is 0 Å². The molecule has 0 spiro atoms. The van der Waals surface area contributed by atoms with Crippen LogP contribution in [0.4, 0.5) is 0 Å². The Morgan fingerprint density at radius 2 is 0.528 bits per heavy atom. The molecule has 0 aromatic heterocycles. The van der Waals surface area contributed by atoms with Crippen LogP contribution < -0.4 is 66.3 Å². The maximum atomic E-state index is 10.3. The number of aliphatic hydroxyl groups excluding tert-OH is 4. The number of aliphatic carboxylic acids is 4. The number of hydrogen-bond donors (Lipinski definition) is 12. The third-order valence-corrected chi connectivity index (χ3v) is 11.7. The van der Waals surface area contributed by atoms with Gasteiger partial charge in [0.15, 0.2) is 0 Å². The number of nitrogens with two attached hydrogens (primary N) is 8. The zero-order chi connectivity index (χ0) is 40.2. The Kier molecular flexibility index (Phi) is 21.2. The number of aliphatic hydroxyl groups is 4. The van der Waals surface area contributed by atoms with Crippen molar-refractivity contribution in [1.82, 2.24) is 0 Å². The second-order valence-corrected chi connectivity index (χ2v) is 15.1. The Balaban J connectivity index is 0.000000676. The van der Waals surface area contributed by atoms with Gasteiger partial charge in [-0.1, -0.05) is 25.7 Å². The van der Waals surface area contributed by atoms with E-state index in [1.54, 1.807) is 0 Å². The fraction of sp³-hybridized carbons (Fsp3) is 0.875. The van der Waals surface area contributed by atoms with Gasteiger partial charge >= 0.3 is 21.1 Å². The monoisotopic (exact) mass is 943 g/mol. The van der Waals surface area contributed by atoms with E-state index in [2.05, 4.69) is 0 Å². The van der Waals surface area contributed by atoms with Gasteiger partial charge in [-0.3, -0.25) is 0 Å². The van der Waals surface area contributed by atoms with Crippen LogP contribution in [0.15, 0.2) is 0 Å². The van der Waals surface area contributed by atoms with Gasteiger partial charge < -0.3 is 106 Å². The van der Waals surface area contributed by atoms with Crippen LogP contribution in [-0.4, -0.2) is 93.4 Å². The average molecular weight is 944 g/mol. The van der Waals surface area contributed by atoms with Crippen LogP contribution in [0.25, 0.3) is 0 Å². The predicted octanol–water partition coefficient (Wildman–Crippen LogP) is -8.40. The zero-order valence-corrected chi connectivity index (χ0v) is 32.2. The summed E-state index contributed by atoms with van der Waals surface area (Å²) in [5.41, 5.74) is 42.7. The molecule has 20 nitrogen and oxygen atoms in total. The molecule has 0 aliphatic heterocycles. The second-order valence-electron chi connectivity index (χ2n) is 15.1. The second kappa shape index (κ2) is 22.0. The van der Waals surface area contributed by atoms with Crippen molar-refractivity contribution in [2.45, 2.75) is 152 Å². The SMILES string of the molecule is NC(N)C1(CC(O)C(=O)[O-])CCC1.NC(N)C1(CC(O)C(=O)[O-])CCC1.NC(N)C1(CC(O)C(=O)[O-])CCC1.NC(N)C1(CC(O)C(=O)[O-])CCC1.[Pt+4].